The van der Waals surface area contributed by atoms with Gasteiger partial charge in [-0.15, -0.1) is 0 Å². The molecule has 0 aliphatic carbocycles. The lowest BCUT2D eigenvalue weighted by Crippen LogP contribution is -2.28. The molecule has 82 valence electrons. The molecule has 0 unspecified atom stereocenters. The van der Waals surface area contributed by atoms with E-state index in [1.807, 2.05) is 6.92 Å². The molecule has 0 atom stereocenters. The molecule has 1 aromatic carbocycles. The van der Waals surface area contributed by atoms with Gasteiger partial charge in [-0.1, -0.05) is 30.1 Å². The second kappa shape index (κ2) is 5.83. The lowest BCUT2D eigenvalue weighted by molar-refractivity contribution is -0.120. The van der Waals surface area contributed by atoms with Gasteiger partial charge in [-0.25, -0.2) is 0 Å². The highest BCUT2D eigenvalue weighted by molar-refractivity contribution is 6.35. The minimum Gasteiger partial charge on any atom is -0.299 e. The molecule has 0 bridgehead atoms. The second-order valence-corrected chi connectivity index (χ2v) is 3.95. The molecule has 1 rings (SSSR count). The normalized spacial score (nSPS) is 9.80. The summed E-state index contributed by atoms with van der Waals surface area (Å²) < 4.78 is 0. The summed E-state index contributed by atoms with van der Waals surface area (Å²) in [6, 6.07) is 4.99. The molecule has 0 aliphatic rings. The Kier molecular flexibility index (Phi) is 4.72. The number of carbonyl (C=O) groups excluding carboxylic acids is 1. The minimum absolute atomic E-state index is 0.0615. The smallest absolute Gasteiger partial charge is 0.238 e. The van der Waals surface area contributed by atoms with Crippen molar-refractivity contribution in [3.05, 3.63) is 28.2 Å². The first-order valence-electron chi connectivity index (χ1n) is 4.62. The molecule has 0 spiro atoms. The van der Waals surface area contributed by atoms with Gasteiger partial charge in [0.15, 0.2) is 0 Å². The number of hydrogen-bond donors (Lipinski definition) is 2. The zero-order valence-electron chi connectivity index (χ0n) is 8.31. The van der Waals surface area contributed by atoms with Gasteiger partial charge in [0.05, 0.1) is 5.69 Å². The third kappa shape index (κ3) is 4.40. The number of hydrogen-bond acceptors (Lipinski definition) is 2. The minimum atomic E-state index is -0.0615. The summed E-state index contributed by atoms with van der Waals surface area (Å²) in [5, 5.41) is 1.05. The lowest BCUT2D eigenvalue weighted by Gasteiger charge is -2.08. The largest absolute Gasteiger partial charge is 0.299 e. The van der Waals surface area contributed by atoms with Gasteiger partial charge in [-0.3, -0.25) is 15.6 Å². The topological polar surface area (TPSA) is 41.1 Å². The average Bonchev–Trinajstić information content (AvgIpc) is 2.14. The van der Waals surface area contributed by atoms with E-state index in [9.17, 15) is 4.79 Å². The molecule has 0 saturated carbocycles. The number of amides is 1. The number of nitrogens with one attached hydrogen (secondary N) is 2. The first-order valence-corrected chi connectivity index (χ1v) is 5.38. The van der Waals surface area contributed by atoms with Crippen LogP contribution in [0.1, 0.15) is 19.8 Å². The predicted molar refractivity (Wildman–Crippen MR) is 63.1 cm³/mol. The summed E-state index contributed by atoms with van der Waals surface area (Å²) in [5.41, 5.74) is 5.95. The van der Waals surface area contributed by atoms with Gasteiger partial charge in [0.2, 0.25) is 5.91 Å². The van der Waals surface area contributed by atoms with Crippen LogP contribution in [0.3, 0.4) is 0 Å². The van der Waals surface area contributed by atoms with E-state index in [2.05, 4.69) is 10.9 Å². The second-order valence-electron chi connectivity index (χ2n) is 3.08. The van der Waals surface area contributed by atoms with E-state index in [-0.39, 0.29) is 5.91 Å². The van der Waals surface area contributed by atoms with Crippen molar-refractivity contribution in [2.45, 2.75) is 19.8 Å². The quantitative estimate of drug-likeness (QED) is 0.802. The Morgan fingerprint density at radius 3 is 2.40 bits per heavy atom. The van der Waals surface area contributed by atoms with Gasteiger partial charge in [0.1, 0.15) is 0 Å². The number of rotatable bonds is 4. The molecule has 0 aromatic heterocycles. The van der Waals surface area contributed by atoms with Crippen molar-refractivity contribution in [1.29, 1.82) is 0 Å². The van der Waals surface area contributed by atoms with Gasteiger partial charge in [-0.2, -0.15) is 0 Å². The van der Waals surface area contributed by atoms with Gasteiger partial charge in [-0.05, 0) is 24.6 Å². The number of benzene rings is 1. The highest BCUT2D eigenvalue weighted by Crippen LogP contribution is 2.21. The van der Waals surface area contributed by atoms with Gasteiger partial charge < -0.3 is 0 Å². The number of halogens is 2. The highest BCUT2D eigenvalue weighted by Gasteiger charge is 2.00. The van der Waals surface area contributed by atoms with Crippen LogP contribution in [-0.2, 0) is 4.79 Å². The molecular weight excluding hydrogens is 235 g/mol. The van der Waals surface area contributed by atoms with Crippen molar-refractivity contribution in [2.75, 3.05) is 5.43 Å². The summed E-state index contributed by atoms with van der Waals surface area (Å²) in [6.45, 7) is 1.94. The summed E-state index contributed by atoms with van der Waals surface area (Å²) in [5.74, 6) is -0.0615. The molecule has 15 heavy (non-hydrogen) atoms. The van der Waals surface area contributed by atoms with Crippen molar-refractivity contribution in [3.63, 3.8) is 0 Å². The maximum absolute atomic E-state index is 11.1. The summed E-state index contributed by atoms with van der Waals surface area (Å²) in [7, 11) is 0. The van der Waals surface area contributed by atoms with Crippen LogP contribution >= 0.6 is 23.2 Å². The Labute approximate surface area is 98.7 Å². The van der Waals surface area contributed by atoms with Gasteiger partial charge >= 0.3 is 0 Å². The molecular formula is C10H12Cl2N2O. The van der Waals surface area contributed by atoms with E-state index >= 15 is 0 Å². The van der Waals surface area contributed by atoms with Gasteiger partial charge in [0.25, 0.3) is 0 Å². The Morgan fingerprint density at radius 1 is 1.27 bits per heavy atom. The third-order valence-corrected chi connectivity index (χ3v) is 2.12. The zero-order valence-corrected chi connectivity index (χ0v) is 9.82. The highest BCUT2D eigenvalue weighted by atomic mass is 35.5. The van der Waals surface area contributed by atoms with Crippen LogP contribution in [0.2, 0.25) is 10.0 Å². The number of carbonyl (C=O) groups is 1. The summed E-state index contributed by atoms with van der Waals surface area (Å²) in [6.07, 6.45) is 1.30. The summed E-state index contributed by atoms with van der Waals surface area (Å²) >= 11 is 11.6. The number of hydrazine groups is 1. The van der Waals surface area contributed by atoms with E-state index in [0.717, 1.165) is 6.42 Å². The Balaban J connectivity index is 2.54. The van der Waals surface area contributed by atoms with Crippen LogP contribution in [-0.4, -0.2) is 5.91 Å². The Bertz CT molecular complexity index is 335. The SMILES string of the molecule is CCCC(=O)NNc1cc(Cl)cc(Cl)c1. The van der Waals surface area contributed by atoms with Crippen LogP contribution in [0.4, 0.5) is 5.69 Å². The zero-order chi connectivity index (χ0) is 11.3. The van der Waals surface area contributed by atoms with Crippen LogP contribution < -0.4 is 10.9 Å². The monoisotopic (exact) mass is 246 g/mol. The fraction of sp³-hybridized carbons (Fsp3) is 0.300. The molecule has 0 saturated heterocycles. The Morgan fingerprint density at radius 2 is 1.87 bits per heavy atom. The van der Waals surface area contributed by atoms with Gasteiger partial charge in [0, 0.05) is 16.5 Å². The molecule has 0 aliphatic heterocycles. The molecule has 5 heteroatoms. The van der Waals surface area contributed by atoms with Crippen LogP contribution in [0, 0.1) is 0 Å². The first-order chi connectivity index (χ1) is 7.11. The van der Waals surface area contributed by atoms with Crippen molar-refractivity contribution in [1.82, 2.24) is 5.43 Å². The molecule has 1 aromatic rings. The first kappa shape index (κ1) is 12.1. The fourth-order valence-corrected chi connectivity index (χ4v) is 1.58. The van der Waals surface area contributed by atoms with E-state index in [1.165, 1.54) is 0 Å². The molecule has 1 amide bonds. The average molecular weight is 247 g/mol. The van der Waals surface area contributed by atoms with E-state index in [1.54, 1.807) is 18.2 Å². The van der Waals surface area contributed by atoms with Crippen molar-refractivity contribution in [2.24, 2.45) is 0 Å². The van der Waals surface area contributed by atoms with Crippen molar-refractivity contribution < 1.29 is 4.79 Å². The molecule has 0 heterocycles. The summed E-state index contributed by atoms with van der Waals surface area (Å²) in [4.78, 5) is 11.1. The number of anilines is 1. The van der Waals surface area contributed by atoms with E-state index in [0.29, 0.717) is 22.2 Å². The van der Waals surface area contributed by atoms with Crippen LogP contribution in [0.25, 0.3) is 0 Å². The maximum atomic E-state index is 11.1. The molecule has 2 N–H and O–H groups in total. The third-order valence-electron chi connectivity index (χ3n) is 1.69. The maximum Gasteiger partial charge on any atom is 0.238 e. The predicted octanol–water partition coefficient (Wildman–Crippen LogP) is 3.24. The Hall–Kier alpha value is -0.930. The lowest BCUT2D eigenvalue weighted by atomic mass is 10.3. The van der Waals surface area contributed by atoms with Crippen molar-refractivity contribution in [3.8, 4) is 0 Å². The van der Waals surface area contributed by atoms with Crippen molar-refractivity contribution >= 4 is 34.8 Å². The van der Waals surface area contributed by atoms with E-state index in [4.69, 9.17) is 23.2 Å². The standard InChI is InChI=1S/C10H12Cl2N2O/c1-2-3-10(15)14-13-9-5-7(11)4-8(12)6-9/h4-6,13H,2-3H2,1H3,(H,14,15). The molecule has 0 fully saturated rings. The van der Waals surface area contributed by atoms with Crippen LogP contribution in [0.15, 0.2) is 18.2 Å². The molecule has 0 radical (unpaired) electrons. The van der Waals surface area contributed by atoms with E-state index < -0.39 is 0 Å². The molecule has 3 nitrogen and oxygen atoms in total. The van der Waals surface area contributed by atoms with Crippen LogP contribution in [0.5, 0.6) is 0 Å². The fourth-order valence-electron chi connectivity index (χ4n) is 1.06.